The molecule has 5 nitrogen and oxygen atoms in total. The van der Waals surface area contributed by atoms with Gasteiger partial charge in [-0.05, 0) is 74.4 Å². The number of anilines is 1. The Morgan fingerprint density at radius 3 is 2.47 bits per heavy atom. The van der Waals surface area contributed by atoms with Crippen LogP contribution in [0.15, 0.2) is 77.2 Å². The van der Waals surface area contributed by atoms with E-state index in [-0.39, 0.29) is 5.91 Å². The lowest BCUT2D eigenvalue weighted by atomic mass is 10.1. The van der Waals surface area contributed by atoms with E-state index in [0.29, 0.717) is 23.8 Å². The zero-order chi connectivity index (χ0) is 22.5. The summed E-state index contributed by atoms with van der Waals surface area (Å²) in [6.45, 7) is 6.33. The van der Waals surface area contributed by atoms with Gasteiger partial charge < -0.3 is 14.5 Å². The number of amides is 1. The first-order chi connectivity index (χ1) is 15.5. The van der Waals surface area contributed by atoms with Crippen LogP contribution in [-0.2, 0) is 13.0 Å². The number of ether oxygens (including phenoxy) is 1. The van der Waals surface area contributed by atoms with Gasteiger partial charge in [0.25, 0.3) is 5.91 Å². The fourth-order valence-electron chi connectivity index (χ4n) is 3.31. The molecule has 0 saturated heterocycles. The van der Waals surface area contributed by atoms with E-state index in [1.54, 1.807) is 12.1 Å². The van der Waals surface area contributed by atoms with Crippen molar-refractivity contribution < 1.29 is 13.9 Å². The third-order valence-electron chi connectivity index (χ3n) is 5.28. The molecule has 162 valence electrons. The molecule has 32 heavy (non-hydrogen) atoms. The number of aryl methyl sites for hydroxylation is 3. The van der Waals surface area contributed by atoms with E-state index >= 15 is 0 Å². The van der Waals surface area contributed by atoms with Crippen molar-refractivity contribution >= 4 is 11.6 Å². The van der Waals surface area contributed by atoms with Crippen molar-refractivity contribution in [3.8, 4) is 17.2 Å². The van der Waals surface area contributed by atoms with E-state index in [0.717, 1.165) is 29.1 Å². The Morgan fingerprint density at radius 2 is 1.75 bits per heavy atom. The monoisotopic (exact) mass is 426 g/mol. The molecule has 5 heteroatoms. The number of oxazole rings is 1. The topological polar surface area (TPSA) is 64.4 Å². The van der Waals surface area contributed by atoms with Crippen LogP contribution in [-0.4, -0.2) is 10.9 Å². The number of benzene rings is 3. The second-order valence-corrected chi connectivity index (χ2v) is 7.71. The average molecular weight is 427 g/mol. The van der Waals surface area contributed by atoms with Gasteiger partial charge in [-0.2, -0.15) is 0 Å². The summed E-state index contributed by atoms with van der Waals surface area (Å²) in [5, 5.41) is 2.95. The van der Waals surface area contributed by atoms with Crippen LogP contribution in [0.4, 0.5) is 5.69 Å². The maximum atomic E-state index is 12.6. The molecule has 1 heterocycles. The van der Waals surface area contributed by atoms with Crippen LogP contribution in [0.25, 0.3) is 11.5 Å². The molecule has 4 rings (SSSR count). The summed E-state index contributed by atoms with van der Waals surface area (Å²) in [5.74, 6) is 1.86. The van der Waals surface area contributed by atoms with Crippen LogP contribution in [0, 0.1) is 13.8 Å². The smallest absolute Gasteiger partial charge is 0.255 e. The van der Waals surface area contributed by atoms with Crippen molar-refractivity contribution in [2.75, 3.05) is 5.32 Å². The van der Waals surface area contributed by atoms with E-state index < -0.39 is 0 Å². The lowest BCUT2D eigenvalue weighted by Crippen LogP contribution is -2.11. The number of carbonyl (C=O) groups excluding carboxylic acids is 1. The molecule has 3 aromatic carbocycles. The van der Waals surface area contributed by atoms with Gasteiger partial charge in [0.2, 0.25) is 5.89 Å². The van der Waals surface area contributed by atoms with Gasteiger partial charge in [-0.1, -0.05) is 36.8 Å². The Labute approximate surface area is 188 Å². The third-order valence-corrected chi connectivity index (χ3v) is 5.28. The molecule has 0 aliphatic heterocycles. The molecule has 0 aliphatic carbocycles. The Bertz CT molecular complexity index is 1210. The minimum atomic E-state index is -0.152. The summed E-state index contributed by atoms with van der Waals surface area (Å²) in [4.78, 5) is 17.2. The van der Waals surface area contributed by atoms with Crippen LogP contribution in [0.2, 0.25) is 0 Å². The number of hydrogen-bond acceptors (Lipinski definition) is 4. The van der Waals surface area contributed by atoms with Gasteiger partial charge in [0.05, 0.1) is 0 Å². The summed E-state index contributed by atoms with van der Waals surface area (Å²) in [7, 11) is 0. The largest absolute Gasteiger partial charge is 0.487 e. The van der Waals surface area contributed by atoms with Crippen LogP contribution < -0.4 is 10.1 Å². The van der Waals surface area contributed by atoms with Crippen LogP contribution >= 0.6 is 0 Å². The van der Waals surface area contributed by atoms with E-state index in [2.05, 4.69) is 17.2 Å². The van der Waals surface area contributed by atoms with Crippen molar-refractivity contribution in [2.24, 2.45) is 0 Å². The third kappa shape index (κ3) is 5.06. The highest BCUT2D eigenvalue weighted by atomic mass is 16.5. The quantitative estimate of drug-likeness (QED) is 0.374. The van der Waals surface area contributed by atoms with Gasteiger partial charge in [-0.15, -0.1) is 0 Å². The fraction of sp³-hybridized carbons (Fsp3) is 0.185. The number of hydrogen-bond donors (Lipinski definition) is 1. The molecular formula is C27H26N2O3. The average Bonchev–Trinajstić information content (AvgIpc) is 3.19. The van der Waals surface area contributed by atoms with Crippen molar-refractivity contribution in [1.82, 2.24) is 4.98 Å². The minimum absolute atomic E-state index is 0.152. The van der Waals surface area contributed by atoms with E-state index in [4.69, 9.17) is 9.15 Å². The SMILES string of the molecule is CCc1cccc(NC(=O)c2ccc(-c3nc(COc4ccc(C)cc4)c(C)o3)cc2)c1. The second-order valence-electron chi connectivity index (χ2n) is 7.71. The first-order valence-corrected chi connectivity index (χ1v) is 10.7. The number of aromatic nitrogens is 1. The molecule has 1 N–H and O–H groups in total. The summed E-state index contributed by atoms with van der Waals surface area (Å²) in [6, 6.07) is 23.0. The second kappa shape index (κ2) is 9.52. The summed E-state index contributed by atoms with van der Waals surface area (Å²) in [5.41, 5.74) is 5.28. The van der Waals surface area contributed by atoms with E-state index in [1.165, 1.54) is 11.1 Å². The lowest BCUT2D eigenvalue weighted by molar-refractivity contribution is 0.102. The lowest BCUT2D eigenvalue weighted by Gasteiger charge is -2.07. The predicted molar refractivity (Wildman–Crippen MR) is 126 cm³/mol. The Balaban J connectivity index is 1.42. The first-order valence-electron chi connectivity index (χ1n) is 10.7. The maximum absolute atomic E-state index is 12.6. The molecule has 0 bridgehead atoms. The molecule has 0 unspecified atom stereocenters. The van der Waals surface area contributed by atoms with Gasteiger partial charge in [0, 0.05) is 16.8 Å². The van der Waals surface area contributed by atoms with E-state index in [9.17, 15) is 4.79 Å². The number of rotatable bonds is 7. The Hall–Kier alpha value is -3.86. The van der Waals surface area contributed by atoms with E-state index in [1.807, 2.05) is 74.5 Å². The highest BCUT2D eigenvalue weighted by Crippen LogP contribution is 2.24. The summed E-state index contributed by atoms with van der Waals surface area (Å²) < 4.78 is 11.7. The first kappa shape index (κ1) is 21.4. The van der Waals surface area contributed by atoms with Gasteiger partial charge in [-0.25, -0.2) is 4.98 Å². The minimum Gasteiger partial charge on any atom is -0.487 e. The van der Waals surface area contributed by atoms with Gasteiger partial charge in [0.15, 0.2) is 0 Å². The van der Waals surface area contributed by atoms with Crippen molar-refractivity contribution in [1.29, 1.82) is 0 Å². The van der Waals surface area contributed by atoms with Crippen LogP contribution in [0.3, 0.4) is 0 Å². The molecule has 0 fully saturated rings. The normalized spacial score (nSPS) is 10.7. The number of carbonyl (C=O) groups is 1. The summed E-state index contributed by atoms with van der Waals surface area (Å²) >= 11 is 0. The zero-order valence-electron chi connectivity index (χ0n) is 18.5. The molecule has 1 amide bonds. The molecule has 0 aliphatic rings. The number of nitrogens with zero attached hydrogens (tertiary/aromatic N) is 1. The predicted octanol–water partition coefficient (Wildman–Crippen LogP) is 6.35. The molecule has 0 saturated carbocycles. The molecule has 0 radical (unpaired) electrons. The van der Waals surface area contributed by atoms with Gasteiger partial charge in [0.1, 0.15) is 23.8 Å². The van der Waals surface area contributed by atoms with Crippen molar-refractivity contribution in [2.45, 2.75) is 33.8 Å². The zero-order valence-corrected chi connectivity index (χ0v) is 18.5. The molecular weight excluding hydrogens is 400 g/mol. The van der Waals surface area contributed by atoms with Crippen molar-refractivity contribution in [3.63, 3.8) is 0 Å². The van der Waals surface area contributed by atoms with Crippen LogP contribution in [0.5, 0.6) is 5.75 Å². The van der Waals surface area contributed by atoms with Gasteiger partial charge >= 0.3 is 0 Å². The molecule has 4 aromatic rings. The van der Waals surface area contributed by atoms with Crippen LogP contribution in [0.1, 0.15) is 39.9 Å². The Morgan fingerprint density at radius 1 is 1.00 bits per heavy atom. The highest BCUT2D eigenvalue weighted by molar-refractivity contribution is 6.04. The van der Waals surface area contributed by atoms with Crippen molar-refractivity contribution in [3.05, 3.63) is 101 Å². The molecule has 0 atom stereocenters. The fourth-order valence-corrected chi connectivity index (χ4v) is 3.31. The van der Waals surface area contributed by atoms with Gasteiger partial charge in [-0.3, -0.25) is 4.79 Å². The Kier molecular flexibility index (Phi) is 6.36. The number of nitrogens with one attached hydrogen (secondary N) is 1. The molecule has 1 aromatic heterocycles. The molecule has 0 spiro atoms. The standard InChI is InChI=1S/C27H26N2O3/c1-4-20-6-5-7-23(16-20)28-26(30)21-10-12-22(13-11-21)27-29-25(19(3)32-27)17-31-24-14-8-18(2)9-15-24/h5-16H,4,17H2,1-3H3,(H,28,30). The summed E-state index contributed by atoms with van der Waals surface area (Å²) in [6.07, 6.45) is 0.923. The highest BCUT2D eigenvalue weighted by Gasteiger charge is 2.13. The maximum Gasteiger partial charge on any atom is 0.255 e.